The SMILES string of the molecule is CN(C)CCCN1CCOc2cccc(N3CCNCC3)c21. The van der Waals surface area contributed by atoms with E-state index in [1.165, 1.54) is 17.8 Å². The van der Waals surface area contributed by atoms with Gasteiger partial charge >= 0.3 is 0 Å². The van der Waals surface area contributed by atoms with Crippen LogP contribution in [-0.2, 0) is 0 Å². The van der Waals surface area contributed by atoms with Crippen molar-refractivity contribution in [2.24, 2.45) is 0 Å². The summed E-state index contributed by atoms with van der Waals surface area (Å²) in [6, 6.07) is 6.48. The summed E-state index contributed by atoms with van der Waals surface area (Å²) in [6.45, 7) is 8.27. The lowest BCUT2D eigenvalue weighted by molar-refractivity contribution is 0.305. The van der Waals surface area contributed by atoms with Crippen LogP contribution in [0.4, 0.5) is 11.4 Å². The molecule has 0 atom stereocenters. The Balaban J connectivity index is 1.80. The molecule has 1 N–H and O–H groups in total. The first-order chi connectivity index (χ1) is 10.8. The summed E-state index contributed by atoms with van der Waals surface area (Å²) in [5, 5.41) is 3.43. The zero-order valence-electron chi connectivity index (χ0n) is 13.8. The minimum absolute atomic E-state index is 0.792. The fraction of sp³-hybridized carbons (Fsp3) is 0.647. The molecule has 1 saturated heterocycles. The van der Waals surface area contributed by atoms with Gasteiger partial charge in [0.25, 0.3) is 0 Å². The maximum atomic E-state index is 5.92. The van der Waals surface area contributed by atoms with E-state index in [-0.39, 0.29) is 0 Å². The average Bonchev–Trinajstić information content (AvgIpc) is 2.55. The molecule has 5 nitrogen and oxygen atoms in total. The van der Waals surface area contributed by atoms with E-state index < -0.39 is 0 Å². The Hall–Kier alpha value is -1.46. The first-order valence-corrected chi connectivity index (χ1v) is 8.37. The maximum absolute atomic E-state index is 5.92. The summed E-state index contributed by atoms with van der Waals surface area (Å²) in [6.07, 6.45) is 1.18. The van der Waals surface area contributed by atoms with Crippen LogP contribution in [-0.4, -0.2) is 71.4 Å². The van der Waals surface area contributed by atoms with E-state index in [2.05, 4.69) is 52.3 Å². The maximum Gasteiger partial charge on any atom is 0.144 e. The van der Waals surface area contributed by atoms with Crippen molar-refractivity contribution in [2.75, 3.05) is 76.3 Å². The van der Waals surface area contributed by atoms with Crippen molar-refractivity contribution in [3.8, 4) is 5.75 Å². The molecule has 0 unspecified atom stereocenters. The number of anilines is 2. The van der Waals surface area contributed by atoms with Crippen LogP contribution in [0.5, 0.6) is 5.75 Å². The fourth-order valence-electron chi connectivity index (χ4n) is 3.28. The largest absolute Gasteiger partial charge is 0.489 e. The van der Waals surface area contributed by atoms with Crippen molar-refractivity contribution in [2.45, 2.75) is 6.42 Å². The highest BCUT2D eigenvalue weighted by atomic mass is 16.5. The average molecular weight is 304 g/mol. The Morgan fingerprint density at radius 3 is 2.77 bits per heavy atom. The van der Waals surface area contributed by atoms with Gasteiger partial charge in [-0.2, -0.15) is 0 Å². The van der Waals surface area contributed by atoms with Crippen LogP contribution in [0.25, 0.3) is 0 Å². The highest BCUT2D eigenvalue weighted by molar-refractivity contribution is 5.78. The summed E-state index contributed by atoms with van der Waals surface area (Å²) < 4.78 is 5.92. The molecule has 0 aromatic heterocycles. The number of hydrogen-bond donors (Lipinski definition) is 1. The second-order valence-corrected chi connectivity index (χ2v) is 6.35. The molecule has 0 saturated carbocycles. The number of nitrogens with one attached hydrogen (secondary N) is 1. The molecule has 0 amide bonds. The number of hydrogen-bond acceptors (Lipinski definition) is 5. The summed E-state index contributed by atoms with van der Waals surface area (Å²) in [4.78, 5) is 7.26. The molecule has 3 rings (SSSR count). The molecule has 1 aromatic rings. The molecule has 2 aliphatic rings. The molecular weight excluding hydrogens is 276 g/mol. The molecule has 2 aliphatic heterocycles. The van der Waals surface area contributed by atoms with Crippen LogP contribution in [0.2, 0.25) is 0 Å². The Kier molecular flexibility index (Phi) is 5.05. The molecule has 2 heterocycles. The number of para-hydroxylation sites is 1. The van der Waals surface area contributed by atoms with Crippen molar-refractivity contribution in [3.63, 3.8) is 0 Å². The molecule has 0 spiro atoms. The first kappa shape index (κ1) is 15.4. The second kappa shape index (κ2) is 7.20. The normalized spacial score (nSPS) is 18.3. The van der Waals surface area contributed by atoms with Gasteiger partial charge < -0.3 is 24.8 Å². The number of rotatable bonds is 5. The zero-order chi connectivity index (χ0) is 15.4. The molecule has 5 heteroatoms. The lowest BCUT2D eigenvalue weighted by Gasteiger charge is -2.38. The van der Waals surface area contributed by atoms with E-state index >= 15 is 0 Å². The number of fused-ring (bicyclic) bond motifs is 1. The highest BCUT2D eigenvalue weighted by Gasteiger charge is 2.24. The Morgan fingerprint density at radius 2 is 2.00 bits per heavy atom. The third-order valence-electron chi connectivity index (χ3n) is 4.40. The third-order valence-corrected chi connectivity index (χ3v) is 4.40. The van der Waals surface area contributed by atoms with Gasteiger partial charge in [-0.25, -0.2) is 0 Å². The number of nitrogens with zero attached hydrogens (tertiary/aromatic N) is 3. The second-order valence-electron chi connectivity index (χ2n) is 6.35. The Bertz CT molecular complexity index is 486. The van der Waals surface area contributed by atoms with Crippen LogP contribution in [0.1, 0.15) is 6.42 Å². The Labute approximate surface area is 133 Å². The lowest BCUT2D eigenvalue weighted by Crippen LogP contribution is -2.45. The summed E-state index contributed by atoms with van der Waals surface area (Å²) in [7, 11) is 4.28. The van der Waals surface area contributed by atoms with Crippen molar-refractivity contribution in [3.05, 3.63) is 18.2 Å². The van der Waals surface area contributed by atoms with Gasteiger partial charge in [0, 0.05) is 32.7 Å². The minimum Gasteiger partial charge on any atom is -0.489 e. The fourth-order valence-corrected chi connectivity index (χ4v) is 3.28. The highest BCUT2D eigenvalue weighted by Crippen LogP contribution is 2.40. The third kappa shape index (κ3) is 3.47. The molecule has 1 aromatic carbocycles. The van der Waals surface area contributed by atoms with Crippen LogP contribution in [0.3, 0.4) is 0 Å². The molecule has 22 heavy (non-hydrogen) atoms. The molecular formula is C17H28N4O. The number of piperazine rings is 1. The molecule has 1 fully saturated rings. The molecule has 0 aliphatic carbocycles. The minimum atomic E-state index is 0.792. The van der Waals surface area contributed by atoms with Crippen LogP contribution < -0.4 is 19.9 Å². The van der Waals surface area contributed by atoms with Gasteiger partial charge in [-0.05, 0) is 39.2 Å². The van der Waals surface area contributed by atoms with Crippen molar-refractivity contribution in [1.29, 1.82) is 0 Å². The van der Waals surface area contributed by atoms with Gasteiger partial charge in [0.2, 0.25) is 0 Å². The van der Waals surface area contributed by atoms with Gasteiger partial charge in [-0.3, -0.25) is 0 Å². The van der Waals surface area contributed by atoms with Crippen molar-refractivity contribution in [1.82, 2.24) is 10.2 Å². The molecule has 122 valence electrons. The van der Waals surface area contributed by atoms with E-state index in [0.29, 0.717) is 0 Å². The quantitative estimate of drug-likeness (QED) is 0.885. The van der Waals surface area contributed by atoms with Crippen molar-refractivity contribution < 1.29 is 4.74 Å². The van der Waals surface area contributed by atoms with Gasteiger partial charge in [-0.15, -0.1) is 0 Å². The van der Waals surface area contributed by atoms with Gasteiger partial charge in [-0.1, -0.05) is 6.07 Å². The van der Waals surface area contributed by atoms with Crippen LogP contribution in [0, 0.1) is 0 Å². The standard InChI is InChI=1S/C17H28N4O/c1-19(2)9-4-10-21-13-14-22-16-6-3-5-15(17(16)21)20-11-7-18-8-12-20/h3,5-6,18H,4,7-14H2,1-2H3. The molecule has 0 bridgehead atoms. The number of benzene rings is 1. The van der Waals surface area contributed by atoms with E-state index in [1.54, 1.807) is 0 Å². The summed E-state index contributed by atoms with van der Waals surface area (Å²) >= 11 is 0. The van der Waals surface area contributed by atoms with E-state index in [0.717, 1.165) is 58.2 Å². The van der Waals surface area contributed by atoms with E-state index in [9.17, 15) is 0 Å². The lowest BCUT2D eigenvalue weighted by atomic mass is 10.1. The summed E-state index contributed by atoms with van der Waals surface area (Å²) in [5.74, 6) is 1.05. The van der Waals surface area contributed by atoms with Crippen molar-refractivity contribution >= 4 is 11.4 Å². The molecule has 0 radical (unpaired) electrons. The Morgan fingerprint density at radius 1 is 1.18 bits per heavy atom. The smallest absolute Gasteiger partial charge is 0.144 e. The van der Waals surface area contributed by atoms with Crippen LogP contribution in [0.15, 0.2) is 18.2 Å². The van der Waals surface area contributed by atoms with E-state index in [4.69, 9.17) is 4.74 Å². The van der Waals surface area contributed by atoms with Gasteiger partial charge in [0.1, 0.15) is 18.0 Å². The first-order valence-electron chi connectivity index (χ1n) is 8.37. The topological polar surface area (TPSA) is 31.0 Å². The number of ether oxygens (including phenoxy) is 1. The predicted molar refractivity (Wildman–Crippen MR) is 92.4 cm³/mol. The van der Waals surface area contributed by atoms with Gasteiger partial charge in [0.15, 0.2) is 0 Å². The monoisotopic (exact) mass is 304 g/mol. The van der Waals surface area contributed by atoms with Crippen LogP contribution >= 0.6 is 0 Å². The zero-order valence-corrected chi connectivity index (χ0v) is 13.8. The van der Waals surface area contributed by atoms with Gasteiger partial charge in [0.05, 0.1) is 12.2 Å². The van der Waals surface area contributed by atoms with E-state index in [1.807, 2.05) is 0 Å². The summed E-state index contributed by atoms with van der Waals surface area (Å²) in [5.41, 5.74) is 2.64. The predicted octanol–water partition coefficient (Wildman–Crippen LogP) is 1.25.